The average molecular weight is 502 g/mol. The van der Waals surface area contributed by atoms with Crippen molar-refractivity contribution in [3.8, 4) is 0 Å². The third kappa shape index (κ3) is 6.35. The molecular weight excluding hydrogens is 477 g/mol. The summed E-state index contributed by atoms with van der Waals surface area (Å²) in [6.45, 7) is 1.47. The Hall–Kier alpha value is -3.39. The number of ketones is 1. The Kier molecular flexibility index (Phi) is 10.1. The fourth-order valence-corrected chi connectivity index (χ4v) is 3.55. The van der Waals surface area contributed by atoms with Crippen molar-refractivity contribution in [3.05, 3.63) is 101 Å². The Labute approximate surface area is 209 Å². The summed E-state index contributed by atoms with van der Waals surface area (Å²) in [6, 6.07) is 22.1. The van der Waals surface area contributed by atoms with Gasteiger partial charge in [0, 0.05) is 16.1 Å². The molecule has 1 atom stereocenters. The second-order valence-electron chi connectivity index (χ2n) is 7.00. The van der Waals surface area contributed by atoms with Crippen LogP contribution in [0, 0.1) is 0 Å². The van der Waals surface area contributed by atoms with Crippen molar-refractivity contribution in [2.75, 3.05) is 18.1 Å². The number of hydrogen-bond acceptors (Lipinski definition) is 5. The number of anilines is 1. The number of nitrogens with one attached hydrogen (secondary N) is 1. The smallest absolute Gasteiger partial charge is 0.409 e. The number of nitrogens with zero attached hydrogens (tertiary/aromatic N) is 1. The summed E-state index contributed by atoms with van der Waals surface area (Å²) < 4.78 is 5.05. The normalized spacial score (nSPS) is 11.0. The van der Waals surface area contributed by atoms with Crippen molar-refractivity contribution >= 4 is 47.5 Å². The summed E-state index contributed by atoms with van der Waals surface area (Å²) in [7, 11) is 0. The molecule has 0 aliphatic rings. The van der Waals surface area contributed by atoms with Gasteiger partial charge in [-0.1, -0.05) is 72.3 Å². The van der Waals surface area contributed by atoms with E-state index in [1.165, 1.54) is 11.0 Å². The molecule has 3 N–H and O–H groups in total. The Morgan fingerprint density at radius 2 is 1.62 bits per heavy atom. The van der Waals surface area contributed by atoms with Crippen LogP contribution in [0.2, 0.25) is 5.02 Å². The Bertz CT molecular complexity index is 1130. The van der Waals surface area contributed by atoms with E-state index in [9.17, 15) is 14.4 Å². The van der Waals surface area contributed by atoms with Gasteiger partial charge in [-0.3, -0.25) is 19.8 Å². The van der Waals surface area contributed by atoms with E-state index in [0.29, 0.717) is 16.1 Å². The van der Waals surface area contributed by atoms with Crippen molar-refractivity contribution in [3.63, 3.8) is 0 Å². The lowest BCUT2D eigenvalue weighted by Crippen LogP contribution is -2.47. The van der Waals surface area contributed by atoms with Gasteiger partial charge in [0.15, 0.2) is 5.78 Å². The maximum atomic E-state index is 13.4. The van der Waals surface area contributed by atoms with Gasteiger partial charge in [-0.15, -0.1) is 12.4 Å². The van der Waals surface area contributed by atoms with Crippen molar-refractivity contribution in [2.24, 2.45) is 5.73 Å². The van der Waals surface area contributed by atoms with Crippen molar-refractivity contribution in [2.45, 2.75) is 13.1 Å². The summed E-state index contributed by atoms with van der Waals surface area (Å²) in [6.07, 6.45) is -1.70. The second kappa shape index (κ2) is 12.7. The van der Waals surface area contributed by atoms with E-state index in [-0.39, 0.29) is 42.6 Å². The molecule has 178 valence electrons. The van der Waals surface area contributed by atoms with E-state index in [1.54, 1.807) is 73.7 Å². The van der Waals surface area contributed by atoms with Gasteiger partial charge in [-0.2, -0.15) is 0 Å². The van der Waals surface area contributed by atoms with Gasteiger partial charge in [-0.25, -0.2) is 4.79 Å². The number of benzene rings is 3. The maximum absolute atomic E-state index is 13.4. The molecule has 3 rings (SSSR count). The predicted octanol–water partition coefficient (Wildman–Crippen LogP) is 4.73. The topological polar surface area (TPSA) is 102 Å². The lowest BCUT2D eigenvalue weighted by Gasteiger charge is -2.33. The molecule has 0 fully saturated rings. The summed E-state index contributed by atoms with van der Waals surface area (Å²) >= 11 is 6.22. The van der Waals surface area contributed by atoms with Gasteiger partial charge >= 0.3 is 6.09 Å². The highest BCUT2D eigenvalue weighted by molar-refractivity contribution is 6.31. The molecule has 3 aromatic rings. The van der Waals surface area contributed by atoms with Crippen LogP contribution in [0.1, 0.15) is 34.6 Å². The number of rotatable bonds is 8. The van der Waals surface area contributed by atoms with E-state index < -0.39 is 18.2 Å². The van der Waals surface area contributed by atoms with Crippen LogP contribution >= 0.6 is 24.0 Å². The number of ether oxygens (including phenoxy) is 1. The van der Waals surface area contributed by atoms with E-state index in [0.717, 1.165) is 0 Å². The molecule has 2 amide bonds. The first-order chi connectivity index (χ1) is 16.0. The summed E-state index contributed by atoms with van der Waals surface area (Å²) in [5.74, 6) is -0.837. The molecule has 0 heterocycles. The number of nitrogens with two attached hydrogens (primary N) is 1. The molecule has 0 radical (unpaired) electrons. The molecular formula is C25H25Cl2N3O4. The standard InChI is InChI=1S/C25H24ClN3O4.ClH/c1-2-33-25(32)28-24(18-11-7-4-8-12-18)29(22(30)16-27)21-14-13-19(26)15-20(21)23(31)17-9-5-3-6-10-17;/h3-15,24H,2,16,27H2,1H3,(H,28,32);1H. The van der Waals surface area contributed by atoms with E-state index in [4.69, 9.17) is 22.1 Å². The molecule has 0 aliphatic carbocycles. The SMILES string of the molecule is CCOC(=O)NC(c1ccccc1)N(C(=O)CN)c1ccc(Cl)cc1C(=O)c1ccccc1.Cl. The van der Waals surface area contributed by atoms with Crippen molar-refractivity contribution in [1.82, 2.24) is 5.32 Å². The second-order valence-corrected chi connectivity index (χ2v) is 7.44. The van der Waals surface area contributed by atoms with Crippen LogP contribution in [0.5, 0.6) is 0 Å². The highest BCUT2D eigenvalue weighted by atomic mass is 35.5. The Morgan fingerprint density at radius 1 is 1.00 bits per heavy atom. The van der Waals surface area contributed by atoms with Crippen LogP contribution < -0.4 is 16.0 Å². The zero-order chi connectivity index (χ0) is 23.8. The molecule has 0 saturated heterocycles. The molecule has 0 aliphatic heterocycles. The number of amides is 2. The molecule has 9 heteroatoms. The highest BCUT2D eigenvalue weighted by Gasteiger charge is 2.31. The molecule has 3 aromatic carbocycles. The van der Waals surface area contributed by atoms with Gasteiger partial charge in [0.25, 0.3) is 0 Å². The minimum atomic E-state index is -0.982. The molecule has 0 saturated carbocycles. The molecule has 0 bridgehead atoms. The monoisotopic (exact) mass is 501 g/mol. The first-order valence-electron chi connectivity index (χ1n) is 10.4. The van der Waals surface area contributed by atoms with Crippen LogP contribution in [0.4, 0.5) is 10.5 Å². The van der Waals surface area contributed by atoms with Gasteiger partial charge in [-0.05, 0) is 30.7 Å². The third-order valence-electron chi connectivity index (χ3n) is 4.85. The number of carbonyl (C=O) groups excluding carboxylic acids is 3. The van der Waals surface area contributed by atoms with Crippen LogP contribution in [-0.4, -0.2) is 30.9 Å². The van der Waals surface area contributed by atoms with Gasteiger partial charge in [0.1, 0.15) is 6.17 Å². The lowest BCUT2D eigenvalue weighted by atomic mass is 10.00. The lowest BCUT2D eigenvalue weighted by molar-refractivity contribution is -0.117. The fourth-order valence-electron chi connectivity index (χ4n) is 3.38. The zero-order valence-corrected chi connectivity index (χ0v) is 20.0. The molecule has 0 aromatic heterocycles. The summed E-state index contributed by atoms with van der Waals surface area (Å²) in [5, 5.41) is 3.04. The molecule has 1 unspecified atom stereocenters. The van der Waals surface area contributed by atoms with Crippen LogP contribution in [0.25, 0.3) is 0 Å². The molecule has 0 spiro atoms. The minimum absolute atomic E-state index is 0. The van der Waals surface area contributed by atoms with Crippen molar-refractivity contribution < 1.29 is 19.1 Å². The number of halogens is 2. The van der Waals surface area contributed by atoms with E-state index >= 15 is 0 Å². The third-order valence-corrected chi connectivity index (χ3v) is 5.08. The highest BCUT2D eigenvalue weighted by Crippen LogP contribution is 2.32. The largest absolute Gasteiger partial charge is 0.450 e. The predicted molar refractivity (Wildman–Crippen MR) is 134 cm³/mol. The Morgan fingerprint density at radius 3 is 2.21 bits per heavy atom. The quantitative estimate of drug-likeness (QED) is 0.343. The van der Waals surface area contributed by atoms with Gasteiger partial charge in [0.2, 0.25) is 5.91 Å². The summed E-state index contributed by atoms with van der Waals surface area (Å²) in [4.78, 5) is 40.2. The van der Waals surface area contributed by atoms with Gasteiger partial charge in [0.05, 0.1) is 18.8 Å². The first-order valence-corrected chi connectivity index (χ1v) is 10.7. The fraction of sp³-hybridized carbons (Fsp3) is 0.160. The number of alkyl carbamates (subject to hydrolysis) is 1. The minimum Gasteiger partial charge on any atom is -0.450 e. The summed E-state index contributed by atoms with van der Waals surface area (Å²) in [5.41, 5.74) is 7.22. The van der Waals surface area contributed by atoms with E-state index in [2.05, 4.69) is 5.32 Å². The van der Waals surface area contributed by atoms with Crippen LogP contribution in [0.15, 0.2) is 78.9 Å². The first kappa shape index (κ1) is 26.9. The molecule has 34 heavy (non-hydrogen) atoms. The van der Waals surface area contributed by atoms with E-state index in [1.807, 2.05) is 6.07 Å². The van der Waals surface area contributed by atoms with Crippen LogP contribution in [-0.2, 0) is 9.53 Å². The number of hydrogen-bond donors (Lipinski definition) is 2. The Balaban J connectivity index is 0.00000408. The van der Waals surface area contributed by atoms with Gasteiger partial charge < -0.3 is 10.5 Å². The maximum Gasteiger partial charge on any atom is 0.409 e. The van der Waals surface area contributed by atoms with Crippen molar-refractivity contribution in [1.29, 1.82) is 0 Å². The molecule has 7 nitrogen and oxygen atoms in total. The number of carbonyl (C=O) groups is 3. The van der Waals surface area contributed by atoms with Crippen LogP contribution in [0.3, 0.4) is 0 Å². The zero-order valence-electron chi connectivity index (χ0n) is 18.4. The average Bonchev–Trinajstić information content (AvgIpc) is 2.85.